The van der Waals surface area contributed by atoms with Crippen molar-refractivity contribution in [2.75, 3.05) is 0 Å². The normalized spacial score (nSPS) is 56.4. The first kappa shape index (κ1) is 22.7. The molecule has 5 rings (SSSR count). The van der Waals surface area contributed by atoms with Gasteiger partial charge in [-0.15, -0.1) is 0 Å². The highest BCUT2D eigenvalue weighted by Gasteiger charge is 2.89. The first-order chi connectivity index (χ1) is 14.5. The van der Waals surface area contributed by atoms with Gasteiger partial charge in [-0.3, -0.25) is 0 Å². The summed E-state index contributed by atoms with van der Waals surface area (Å²) >= 11 is 0. The highest BCUT2D eigenvalue weighted by Crippen LogP contribution is 2.85. The Labute approximate surface area is 192 Å². The van der Waals surface area contributed by atoms with Crippen LogP contribution >= 0.6 is 0 Å². The minimum absolute atomic E-state index is 0.0986. The van der Waals surface area contributed by atoms with Crippen molar-refractivity contribution in [1.29, 1.82) is 0 Å². The second-order valence-corrected chi connectivity index (χ2v) is 14.0. The number of aliphatic hydroxyl groups is 1. The summed E-state index contributed by atoms with van der Waals surface area (Å²) in [6.45, 7) is 17.5. The molecule has 0 amide bonds. The summed E-state index contributed by atoms with van der Waals surface area (Å²) in [7, 11) is 0. The Hall–Kier alpha value is -0.0800. The van der Waals surface area contributed by atoms with E-state index in [1.807, 2.05) is 0 Å². The first-order valence-corrected chi connectivity index (χ1v) is 13.9. The Kier molecular flexibility index (Phi) is 5.10. The van der Waals surface area contributed by atoms with E-state index in [1.165, 1.54) is 57.8 Å². The van der Waals surface area contributed by atoms with E-state index in [9.17, 15) is 5.11 Å². The summed E-state index contributed by atoms with van der Waals surface area (Å²) in [6, 6.07) is 0. The molecule has 4 saturated carbocycles. The van der Waals surface area contributed by atoms with E-state index < -0.39 is 0 Å². The quantitative estimate of drug-likeness (QED) is 0.461. The second-order valence-electron chi connectivity index (χ2n) is 14.0. The van der Waals surface area contributed by atoms with Crippen LogP contribution < -0.4 is 0 Å². The lowest BCUT2D eigenvalue weighted by atomic mass is 9.39. The zero-order valence-electron chi connectivity index (χ0n) is 21.6. The number of fused-ring (bicyclic) bond motifs is 2. The Balaban J connectivity index is 1.42. The molecule has 10 atom stereocenters. The van der Waals surface area contributed by atoms with Gasteiger partial charge < -0.3 is 9.84 Å². The Bertz CT molecular complexity index is 718. The van der Waals surface area contributed by atoms with E-state index >= 15 is 0 Å². The molecule has 2 nitrogen and oxygen atoms in total. The monoisotopic (exact) mass is 430 g/mol. The summed E-state index contributed by atoms with van der Waals surface area (Å²) in [6.07, 6.45) is 14.1. The van der Waals surface area contributed by atoms with Gasteiger partial charge in [0, 0.05) is 10.8 Å². The molecule has 0 aromatic heterocycles. The fourth-order valence-corrected chi connectivity index (χ4v) is 10.6. The van der Waals surface area contributed by atoms with Gasteiger partial charge in [-0.25, -0.2) is 0 Å². The molecule has 0 unspecified atom stereocenters. The lowest BCUT2D eigenvalue weighted by molar-refractivity contribution is -0.126. The maximum atomic E-state index is 10.6. The minimum atomic E-state index is -0.104. The van der Waals surface area contributed by atoms with Crippen molar-refractivity contribution in [3.05, 3.63) is 0 Å². The average Bonchev–Trinajstić information content (AvgIpc) is 3.34. The summed E-state index contributed by atoms with van der Waals surface area (Å²) in [5, 5.41) is 10.6. The van der Waals surface area contributed by atoms with Crippen molar-refractivity contribution in [2.45, 2.75) is 136 Å². The fraction of sp³-hybridized carbons (Fsp3) is 1.00. The molecule has 4 aliphatic carbocycles. The molecule has 1 saturated heterocycles. The highest BCUT2D eigenvalue weighted by molar-refractivity contribution is 5.37. The van der Waals surface area contributed by atoms with Crippen LogP contribution in [0, 0.1) is 45.8 Å². The predicted octanol–water partition coefficient (Wildman–Crippen LogP) is 7.38. The maximum absolute atomic E-state index is 10.6. The topological polar surface area (TPSA) is 32.8 Å². The van der Waals surface area contributed by atoms with Crippen LogP contribution in [0.15, 0.2) is 0 Å². The smallest absolute Gasteiger partial charge is 0.104 e. The van der Waals surface area contributed by atoms with Gasteiger partial charge in [0.05, 0.1) is 6.10 Å². The second kappa shape index (κ2) is 6.97. The van der Waals surface area contributed by atoms with Gasteiger partial charge in [-0.2, -0.15) is 0 Å². The lowest BCUT2D eigenvalue weighted by Gasteiger charge is -2.62. The average molecular weight is 431 g/mol. The predicted molar refractivity (Wildman–Crippen MR) is 128 cm³/mol. The van der Waals surface area contributed by atoms with Crippen molar-refractivity contribution in [2.24, 2.45) is 45.8 Å². The molecule has 1 heterocycles. The van der Waals surface area contributed by atoms with E-state index in [0.717, 1.165) is 30.6 Å². The molecule has 0 aromatic rings. The Morgan fingerprint density at radius 1 is 0.839 bits per heavy atom. The van der Waals surface area contributed by atoms with Crippen LogP contribution in [0.4, 0.5) is 0 Å². The standard InChI is InChI=1S/C29H50O2/c1-19(2)9-8-10-20(3)22-11-15-27(7)25(22,5)17-18-28-26(6)14-13-24(30)21(4)23(26)12-16-29(27,28)31-28/h19-24,30H,8-18H2,1-7H3/t20-,21-,22-,23+,24-,25+,26-,27+,28-,29-/m0/s1. The van der Waals surface area contributed by atoms with Gasteiger partial charge in [0.2, 0.25) is 0 Å². The maximum Gasteiger partial charge on any atom is 0.104 e. The van der Waals surface area contributed by atoms with Gasteiger partial charge in [0.1, 0.15) is 11.2 Å². The van der Waals surface area contributed by atoms with Crippen molar-refractivity contribution < 1.29 is 9.84 Å². The Morgan fingerprint density at radius 2 is 1.58 bits per heavy atom. The van der Waals surface area contributed by atoms with Gasteiger partial charge in [0.25, 0.3) is 0 Å². The van der Waals surface area contributed by atoms with Gasteiger partial charge in [-0.1, -0.05) is 67.7 Å². The number of aliphatic hydroxyl groups excluding tert-OH is 1. The number of hydrogen-bond donors (Lipinski definition) is 1. The summed E-state index contributed by atoms with van der Waals surface area (Å²) in [5.41, 5.74) is 1.22. The third-order valence-corrected chi connectivity index (χ3v) is 12.8. The largest absolute Gasteiger partial charge is 0.393 e. The fourth-order valence-electron chi connectivity index (χ4n) is 10.6. The van der Waals surface area contributed by atoms with Crippen molar-refractivity contribution in [3.8, 4) is 0 Å². The van der Waals surface area contributed by atoms with Gasteiger partial charge >= 0.3 is 0 Å². The molecule has 31 heavy (non-hydrogen) atoms. The zero-order valence-corrected chi connectivity index (χ0v) is 21.6. The Morgan fingerprint density at radius 3 is 2.29 bits per heavy atom. The number of epoxide rings is 1. The number of hydrogen-bond acceptors (Lipinski definition) is 2. The van der Waals surface area contributed by atoms with Gasteiger partial charge in [0.15, 0.2) is 0 Å². The van der Waals surface area contributed by atoms with E-state index in [0.29, 0.717) is 22.7 Å². The minimum Gasteiger partial charge on any atom is -0.393 e. The van der Waals surface area contributed by atoms with Crippen molar-refractivity contribution in [3.63, 3.8) is 0 Å². The zero-order chi connectivity index (χ0) is 22.4. The third kappa shape index (κ3) is 2.59. The van der Waals surface area contributed by atoms with Crippen molar-refractivity contribution in [1.82, 2.24) is 0 Å². The van der Waals surface area contributed by atoms with Crippen LogP contribution in [0.5, 0.6) is 0 Å². The molecule has 0 bridgehead atoms. The van der Waals surface area contributed by atoms with E-state index in [-0.39, 0.29) is 22.7 Å². The SMILES string of the molecule is CC(C)CCC[C@H](C)[C@@H]1CC[C@@]2(C)[C@@]34CC[C@@H]5[C@H](C)[C@@H](O)CC[C@]5(C)[C@]3(CC[C@]12C)O4. The first-order valence-electron chi connectivity index (χ1n) is 13.9. The van der Waals surface area contributed by atoms with E-state index in [2.05, 4.69) is 48.5 Å². The molecule has 1 aliphatic heterocycles. The molecule has 2 heteroatoms. The highest BCUT2D eigenvalue weighted by atomic mass is 16.6. The van der Waals surface area contributed by atoms with Crippen LogP contribution in [-0.4, -0.2) is 22.4 Å². The number of ether oxygens (including phenoxy) is 1. The molecular weight excluding hydrogens is 380 g/mol. The van der Waals surface area contributed by atoms with Crippen LogP contribution in [0.3, 0.4) is 0 Å². The van der Waals surface area contributed by atoms with Crippen LogP contribution in [0.2, 0.25) is 0 Å². The van der Waals surface area contributed by atoms with Crippen LogP contribution in [0.25, 0.3) is 0 Å². The summed E-state index contributed by atoms with van der Waals surface area (Å²) in [5.74, 6) is 3.59. The van der Waals surface area contributed by atoms with E-state index in [1.54, 1.807) is 0 Å². The lowest BCUT2D eigenvalue weighted by Crippen LogP contribution is -2.64. The third-order valence-electron chi connectivity index (χ3n) is 12.8. The molecule has 0 spiro atoms. The summed E-state index contributed by atoms with van der Waals surface area (Å²) < 4.78 is 7.21. The molecule has 178 valence electrons. The molecule has 1 N–H and O–H groups in total. The van der Waals surface area contributed by atoms with Crippen LogP contribution in [0.1, 0.15) is 119 Å². The summed E-state index contributed by atoms with van der Waals surface area (Å²) in [4.78, 5) is 0. The number of rotatable bonds is 5. The molecular formula is C29H50O2. The van der Waals surface area contributed by atoms with Crippen LogP contribution in [-0.2, 0) is 4.74 Å². The molecule has 5 fully saturated rings. The molecule has 5 aliphatic rings. The molecule has 0 aromatic carbocycles. The van der Waals surface area contributed by atoms with Gasteiger partial charge in [-0.05, 0) is 86.4 Å². The van der Waals surface area contributed by atoms with Crippen molar-refractivity contribution >= 4 is 0 Å². The van der Waals surface area contributed by atoms with E-state index in [4.69, 9.17) is 4.74 Å². The molecule has 0 radical (unpaired) electrons.